The van der Waals surface area contributed by atoms with Crippen LogP contribution in [0.15, 0.2) is 35.3 Å². The first kappa shape index (κ1) is 19.1. The van der Waals surface area contributed by atoms with Crippen LogP contribution in [0.1, 0.15) is 29.2 Å². The van der Waals surface area contributed by atoms with E-state index in [-0.39, 0.29) is 18.4 Å². The number of fused-ring (bicyclic) bond motifs is 1. The predicted molar refractivity (Wildman–Crippen MR) is 99.5 cm³/mol. The number of rotatable bonds is 5. The summed E-state index contributed by atoms with van der Waals surface area (Å²) in [6.45, 7) is 5.49. The molecule has 0 radical (unpaired) electrons. The Hall–Kier alpha value is -2.67. The molecule has 0 unspecified atom stereocenters. The maximum atomic E-state index is 13.8. The van der Waals surface area contributed by atoms with Crippen LogP contribution < -0.4 is 15.4 Å². The van der Waals surface area contributed by atoms with E-state index in [9.17, 15) is 8.78 Å². The lowest BCUT2D eigenvalue weighted by Gasteiger charge is -2.21. The third kappa shape index (κ3) is 4.95. The molecule has 0 fully saturated rings. The molecule has 2 N–H and O–H groups in total. The average molecular weight is 375 g/mol. The van der Waals surface area contributed by atoms with Crippen molar-refractivity contribution in [2.75, 3.05) is 13.3 Å². The molecule has 0 atom stereocenters. The molecule has 0 saturated heterocycles. The third-order valence-electron chi connectivity index (χ3n) is 4.20. The van der Waals surface area contributed by atoms with Gasteiger partial charge in [-0.15, -0.1) is 0 Å². The summed E-state index contributed by atoms with van der Waals surface area (Å²) in [5.41, 5.74) is 2.77. The maximum absolute atomic E-state index is 13.8. The van der Waals surface area contributed by atoms with Gasteiger partial charge < -0.3 is 20.1 Å². The molecule has 1 aliphatic heterocycles. The molecule has 0 aliphatic carbocycles. The van der Waals surface area contributed by atoms with Crippen LogP contribution in [0.25, 0.3) is 0 Å². The number of benzene rings is 2. The first-order valence-corrected chi connectivity index (χ1v) is 8.86. The molecule has 144 valence electrons. The molecular weight excluding hydrogens is 352 g/mol. The van der Waals surface area contributed by atoms with E-state index in [2.05, 4.69) is 15.6 Å². The molecule has 0 bridgehead atoms. The minimum absolute atomic E-state index is 0.152. The number of aryl methyl sites for hydroxylation is 1. The van der Waals surface area contributed by atoms with E-state index in [0.29, 0.717) is 54.6 Å². The van der Waals surface area contributed by atoms with Crippen LogP contribution >= 0.6 is 0 Å². The first-order valence-electron chi connectivity index (χ1n) is 8.86. The molecule has 5 nitrogen and oxygen atoms in total. The molecule has 7 heteroatoms. The lowest BCUT2D eigenvalue weighted by molar-refractivity contribution is -0.0172. The Labute approximate surface area is 157 Å². The monoisotopic (exact) mass is 375 g/mol. The highest BCUT2D eigenvalue weighted by atomic mass is 19.1. The van der Waals surface area contributed by atoms with Crippen molar-refractivity contribution in [3.63, 3.8) is 0 Å². The van der Waals surface area contributed by atoms with Crippen LogP contribution in [0.4, 0.5) is 8.78 Å². The van der Waals surface area contributed by atoms with E-state index in [1.165, 1.54) is 18.2 Å². The largest absolute Gasteiger partial charge is 0.467 e. The molecule has 1 aliphatic rings. The van der Waals surface area contributed by atoms with Crippen LogP contribution in [0.3, 0.4) is 0 Å². The Kier molecular flexibility index (Phi) is 6.24. The molecule has 2 aromatic carbocycles. The number of nitrogens with one attached hydrogen (secondary N) is 2. The van der Waals surface area contributed by atoms with Gasteiger partial charge in [0.15, 0.2) is 12.8 Å². The van der Waals surface area contributed by atoms with Gasteiger partial charge in [-0.25, -0.2) is 13.8 Å². The van der Waals surface area contributed by atoms with Gasteiger partial charge in [0.2, 0.25) is 0 Å². The van der Waals surface area contributed by atoms with Crippen molar-refractivity contribution in [3.05, 3.63) is 64.2 Å². The van der Waals surface area contributed by atoms with Gasteiger partial charge in [0.25, 0.3) is 0 Å². The van der Waals surface area contributed by atoms with Gasteiger partial charge >= 0.3 is 0 Å². The number of nitrogens with zero attached hydrogens (tertiary/aromatic N) is 1. The summed E-state index contributed by atoms with van der Waals surface area (Å²) in [6, 6.07) is 7.93. The van der Waals surface area contributed by atoms with Gasteiger partial charge in [0.05, 0.1) is 13.2 Å². The molecule has 2 aromatic rings. The molecular formula is C20H23F2N3O2. The average Bonchev–Trinajstić information content (AvgIpc) is 2.66. The second-order valence-electron chi connectivity index (χ2n) is 6.30. The Morgan fingerprint density at radius 1 is 1.19 bits per heavy atom. The first-order chi connectivity index (χ1) is 13.1. The zero-order valence-electron chi connectivity index (χ0n) is 15.4. The molecule has 0 aromatic heterocycles. The second kappa shape index (κ2) is 8.81. The third-order valence-corrected chi connectivity index (χ3v) is 4.20. The van der Waals surface area contributed by atoms with E-state index in [4.69, 9.17) is 9.47 Å². The predicted octanol–water partition coefficient (Wildman–Crippen LogP) is 3.40. The second-order valence-corrected chi connectivity index (χ2v) is 6.30. The van der Waals surface area contributed by atoms with E-state index in [0.717, 1.165) is 5.56 Å². The minimum Gasteiger partial charge on any atom is -0.467 e. The lowest BCUT2D eigenvalue weighted by Crippen LogP contribution is -2.37. The zero-order valence-corrected chi connectivity index (χ0v) is 15.4. The molecule has 0 saturated carbocycles. The summed E-state index contributed by atoms with van der Waals surface area (Å²) in [7, 11) is 0. The van der Waals surface area contributed by atoms with Gasteiger partial charge in [-0.2, -0.15) is 0 Å². The maximum Gasteiger partial charge on any atom is 0.191 e. The highest BCUT2D eigenvalue weighted by Crippen LogP contribution is 2.29. The number of guanidine groups is 1. The van der Waals surface area contributed by atoms with Crippen LogP contribution in [0.5, 0.6) is 5.75 Å². The van der Waals surface area contributed by atoms with Crippen LogP contribution in [-0.4, -0.2) is 19.3 Å². The fourth-order valence-corrected chi connectivity index (χ4v) is 2.81. The smallest absolute Gasteiger partial charge is 0.191 e. The summed E-state index contributed by atoms with van der Waals surface area (Å²) in [4.78, 5) is 4.47. The van der Waals surface area contributed by atoms with Gasteiger partial charge in [0, 0.05) is 24.2 Å². The topological polar surface area (TPSA) is 54.9 Å². The van der Waals surface area contributed by atoms with Crippen LogP contribution in [0, 0.1) is 18.6 Å². The van der Waals surface area contributed by atoms with Gasteiger partial charge in [-0.1, -0.05) is 12.1 Å². The Bertz CT molecular complexity index is 840. The molecule has 3 rings (SSSR count). The van der Waals surface area contributed by atoms with E-state index in [1.807, 2.05) is 13.0 Å². The van der Waals surface area contributed by atoms with Crippen molar-refractivity contribution in [1.29, 1.82) is 0 Å². The lowest BCUT2D eigenvalue weighted by atomic mass is 10.1. The van der Waals surface area contributed by atoms with Crippen molar-refractivity contribution in [3.8, 4) is 5.75 Å². The molecule has 27 heavy (non-hydrogen) atoms. The van der Waals surface area contributed by atoms with Crippen molar-refractivity contribution < 1.29 is 18.3 Å². The highest BCUT2D eigenvalue weighted by Gasteiger charge is 2.17. The van der Waals surface area contributed by atoms with Crippen molar-refractivity contribution >= 4 is 5.96 Å². The van der Waals surface area contributed by atoms with Crippen LogP contribution in [0.2, 0.25) is 0 Å². The zero-order chi connectivity index (χ0) is 19.2. The Balaban J connectivity index is 1.71. The van der Waals surface area contributed by atoms with Crippen molar-refractivity contribution in [2.45, 2.75) is 33.5 Å². The number of hydrogen-bond donors (Lipinski definition) is 2. The Morgan fingerprint density at radius 3 is 2.81 bits per heavy atom. The van der Waals surface area contributed by atoms with Gasteiger partial charge in [0.1, 0.15) is 17.4 Å². The summed E-state index contributed by atoms with van der Waals surface area (Å²) in [5, 5.41) is 6.30. The summed E-state index contributed by atoms with van der Waals surface area (Å²) in [5.74, 6) is 0.623. The number of hydrogen-bond acceptors (Lipinski definition) is 3. The van der Waals surface area contributed by atoms with Crippen LogP contribution in [-0.2, 0) is 24.4 Å². The fourth-order valence-electron chi connectivity index (χ4n) is 2.81. The van der Waals surface area contributed by atoms with E-state index < -0.39 is 0 Å². The normalized spacial score (nSPS) is 13.7. The van der Waals surface area contributed by atoms with Crippen molar-refractivity contribution in [1.82, 2.24) is 10.6 Å². The standard InChI is InChI=1S/C20H23F2N3O2/c1-3-23-20(24-9-14-5-4-13(2)18(22)6-14)25-10-15-7-17(21)8-16-11-26-12-27-19(15)16/h4-8H,3,9-12H2,1-2H3,(H2,23,24,25). The molecule has 0 spiro atoms. The van der Waals surface area contributed by atoms with Crippen molar-refractivity contribution in [2.24, 2.45) is 4.99 Å². The summed E-state index contributed by atoms with van der Waals surface area (Å²) in [6.07, 6.45) is 0. The minimum atomic E-state index is -0.336. The summed E-state index contributed by atoms with van der Waals surface area (Å²) < 4.78 is 38.3. The highest BCUT2D eigenvalue weighted by molar-refractivity contribution is 5.79. The Morgan fingerprint density at radius 2 is 2.04 bits per heavy atom. The molecule has 1 heterocycles. The van der Waals surface area contributed by atoms with Gasteiger partial charge in [-0.3, -0.25) is 0 Å². The van der Waals surface area contributed by atoms with E-state index >= 15 is 0 Å². The quantitative estimate of drug-likeness (QED) is 0.621. The van der Waals surface area contributed by atoms with E-state index in [1.54, 1.807) is 13.0 Å². The SMILES string of the molecule is CCNC(=NCc1ccc(C)c(F)c1)NCc1cc(F)cc2c1OCOC2. The number of ether oxygens (including phenoxy) is 2. The molecule has 0 amide bonds. The number of halogens is 2. The fraction of sp³-hybridized carbons (Fsp3) is 0.350. The summed E-state index contributed by atoms with van der Waals surface area (Å²) >= 11 is 0. The number of aliphatic imine (C=N–C) groups is 1. The van der Waals surface area contributed by atoms with Gasteiger partial charge in [-0.05, 0) is 43.2 Å².